The van der Waals surface area contributed by atoms with Gasteiger partial charge in [0, 0.05) is 24.7 Å². The third-order valence-electron chi connectivity index (χ3n) is 5.37. The molecule has 2 aromatic heterocycles. The van der Waals surface area contributed by atoms with E-state index in [0.717, 1.165) is 17.0 Å². The maximum absolute atomic E-state index is 13.4. The maximum Gasteiger partial charge on any atom is 0.289 e. The number of aryl methyl sites for hydroxylation is 1. The van der Waals surface area contributed by atoms with E-state index < -0.39 is 0 Å². The fraction of sp³-hybridized carbons (Fsp3) is 0.304. The normalized spacial score (nSPS) is 14.7. The summed E-state index contributed by atoms with van der Waals surface area (Å²) in [5.41, 5.74) is 2.00. The average molecular weight is 392 g/mol. The highest BCUT2D eigenvalue weighted by Crippen LogP contribution is 2.26. The quantitative estimate of drug-likeness (QED) is 0.650. The number of anilines is 1. The Morgan fingerprint density at radius 2 is 1.69 bits per heavy atom. The summed E-state index contributed by atoms with van der Waals surface area (Å²) in [6, 6.07) is 15.0. The fourth-order valence-corrected chi connectivity index (χ4v) is 3.69. The average Bonchev–Trinajstić information content (AvgIpc) is 3.46. The first-order valence-corrected chi connectivity index (χ1v) is 9.85. The van der Waals surface area contributed by atoms with E-state index in [1.807, 2.05) is 43.3 Å². The molecule has 150 valence electrons. The number of hydrogen-bond acceptors (Lipinski definition) is 4. The van der Waals surface area contributed by atoms with Crippen molar-refractivity contribution in [3.8, 4) is 0 Å². The van der Waals surface area contributed by atoms with Crippen LogP contribution < -0.4 is 4.90 Å². The van der Waals surface area contributed by atoms with E-state index in [1.165, 1.54) is 6.26 Å². The van der Waals surface area contributed by atoms with Gasteiger partial charge in [-0.3, -0.25) is 9.59 Å². The second-order valence-corrected chi connectivity index (χ2v) is 7.38. The van der Waals surface area contributed by atoms with Crippen molar-refractivity contribution >= 4 is 17.5 Å². The molecule has 6 nitrogen and oxygen atoms in total. The molecule has 4 rings (SSSR count). The van der Waals surface area contributed by atoms with Gasteiger partial charge in [0.2, 0.25) is 5.91 Å². The highest BCUT2D eigenvalue weighted by atomic mass is 16.3. The first-order valence-electron chi connectivity index (χ1n) is 9.85. The summed E-state index contributed by atoms with van der Waals surface area (Å²) in [4.78, 5) is 29.4. The van der Waals surface area contributed by atoms with Crippen molar-refractivity contribution in [3.63, 3.8) is 0 Å². The number of hydrogen-bond donors (Lipinski definition) is 0. The van der Waals surface area contributed by atoms with Gasteiger partial charge in [-0.1, -0.05) is 17.7 Å². The summed E-state index contributed by atoms with van der Waals surface area (Å²) >= 11 is 0. The smallest absolute Gasteiger partial charge is 0.289 e. The number of nitrogens with zero attached hydrogens (tertiary/aromatic N) is 2. The highest BCUT2D eigenvalue weighted by molar-refractivity contribution is 5.95. The minimum atomic E-state index is -0.132. The van der Waals surface area contributed by atoms with Crippen molar-refractivity contribution < 1.29 is 18.4 Å². The molecule has 1 aromatic carbocycles. The largest absolute Gasteiger partial charge is 0.467 e. The number of furan rings is 2. The van der Waals surface area contributed by atoms with Gasteiger partial charge in [0.1, 0.15) is 5.76 Å². The third kappa shape index (κ3) is 4.26. The van der Waals surface area contributed by atoms with Crippen LogP contribution in [-0.4, -0.2) is 29.8 Å². The lowest BCUT2D eigenvalue weighted by atomic mass is 9.94. The summed E-state index contributed by atoms with van der Waals surface area (Å²) in [5, 5.41) is 0. The number of likely N-dealkylation sites (tertiary alicyclic amines) is 1. The topological polar surface area (TPSA) is 66.9 Å². The van der Waals surface area contributed by atoms with Gasteiger partial charge in [-0.15, -0.1) is 0 Å². The molecule has 0 bridgehead atoms. The van der Waals surface area contributed by atoms with Gasteiger partial charge in [0.25, 0.3) is 5.91 Å². The van der Waals surface area contributed by atoms with E-state index in [2.05, 4.69) is 0 Å². The molecular weight excluding hydrogens is 368 g/mol. The molecule has 3 heterocycles. The molecular formula is C23H24N2O4. The summed E-state index contributed by atoms with van der Waals surface area (Å²) < 4.78 is 10.7. The lowest BCUT2D eigenvalue weighted by Gasteiger charge is -2.33. The van der Waals surface area contributed by atoms with E-state index in [1.54, 1.807) is 28.2 Å². The van der Waals surface area contributed by atoms with Crippen LogP contribution in [0.2, 0.25) is 0 Å². The van der Waals surface area contributed by atoms with Crippen molar-refractivity contribution in [1.82, 2.24) is 4.90 Å². The second kappa shape index (κ2) is 8.39. The number of piperidine rings is 1. The van der Waals surface area contributed by atoms with Gasteiger partial charge in [0.05, 0.1) is 19.1 Å². The van der Waals surface area contributed by atoms with Crippen molar-refractivity contribution in [2.45, 2.75) is 26.3 Å². The molecule has 6 heteroatoms. The van der Waals surface area contributed by atoms with Gasteiger partial charge in [-0.05, 0) is 56.2 Å². The SMILES string of the molecule is Cc1ccc(N(Cc2ccco2)C(=O)C2CCN(C(=O)c3ccco3)CC2)cc1. The van der Waals surface area contributed by atoms with Crippen molar-refractivity contribution in [1.29, 1.82) is 0 Å². The predicted octanol–water partition coefficient (Wildman–Crippen LogP) is 4.27. The lowest BCUT2D eigenvalue weighted by molar-refractivity contribution is -0.123. The van der Waals surface area contributed by atoms with Crippen LogP contribution in [0.15, 0.2) is 69.9 Å². The molecule has 0 unspecified atom stereocenters. The van der Waals surface area contributed by atoms with Crippen molar-refractivity contribution in [3.05, 3.63) is 78.1 Å². The van der Waals surface area contributed by atoms with E-state index in [9.17, 15) is 9.59 Å². The van der Waals surface area contributed by atoms with Crippen LogP contribution in [0.5, 0.6) is 0 Å². The Kier molecular flexibility index (Phi) is 5.51. The molecule has 1 saturated heterocycles. The predicted molar refractivity (Wildman–Crippen MR) is 108 cm³/mol. The van der Waals surface area contributed by atoms with Crippen LogP contribution in [0.3, 0.4) is 0 Å². The van der Waals surface area contributed by atoms with E-state index in [-0.39, 0.29) is 17.7 Å². The van der Waals surface area contributed by atoms with Crippen LogP contribution >= 0.6 is 0 Å². The number of rotatable bonds is 5. The zero-order valence-corrected chi connectivity index (χ0v) is 16.4. The molecule has 0 radical (unpaired) electrons. The number of carbonyl (C=O) groups is 2. The van der Waals surface area contributed by atoms with Gasteiger partial charge in [0.15, 0.2) is 5.76 Å². The Morgan fingerprint density at radius 1 is 1.00 bits per heavy atom. The molecule has 29 heavy (non-hydrogen) atoms. The third-order valence-corrected chi connectivity index (χ3v) is 5.37. The van der Waals surface area contributed by atoms with Gasteiger partial charge in [-0.25, -0.2) is 0 Å². The molecule has 1 fully saturated rings. The molecule has 3 aromatic rings. The Bertz CT molecular complexity index is 937. The summed E-state index contributed by atoms with van der Waals surface area (Å²) in [7, 11) is 0. The molecule has 0 atom stereocenters. The molecule has 0 spiro atoms. The molecule has 1 aliphatic heterocycles. The summed E-state index contributed by atoms with van der Waals surface area (Å²) in [5.74, 6) is 0.896. The van der Waals surface area contributed by atoms with Crippen LogP contribution in [-0.2, 0) is 11.3 Å². The van der Waals surface area contributed by atoms with Crippen LogP contribution in [0.4, 0.5) is 5.69 Å². The second-order valence-electron chi connectivity index (χ2n) is 7.38. The zero-order valence-electron chi connectivity index (χ0n) is 16.4. The van der Waals surface area contributed by atoms with E-state index in [0.29, 0.717) is 38.2 Å². The molecule has 0 N–H and O–H groups in total. The van der Waals surface area contributed by atoms with Crippen LogP contribution in [0.25, 0.3) is 0 Å². The van der Waals surface area contributed by atoms with E-state index >= 15 is 0 Å². The number of benzene rings is 1. The zero-order chi connectivity index (χ0) is 20.2. The van der Waals surface area contributed by atoms with Crippen LogP contribution in [0.1, 0.15) is 34.7 Å². The first kappa shape index (κ1) is 19.1. The Morgan fingerprint density at radius 3 is 2.31 bits per heavy atom. The van der Waals surface area contributed by atoms with Gasteiger partial charge >= 0.3 is 0 Å². The number of carbonyl (C=O) groups excluding carboxylic acids is 2. The molecule has 0 saturated carbocycles. The van der Waals surface area contributed by atoms with Crippen molar-refractivity contribution in [2.24, 2.45) is 5.92 Å². The standard InChI is InChI=1S/C23H24N2O4/c1-17-6-8-19(9-7-17)25(16-20-4-2-14-28-20)22(26)18-10-12-24(13-11-18)23(27)21-5-3-15-29-21/h2-9,14-15,18H,10-13,16H2,1H3. The monoisotopic (exact) mass is 392 g/mol. The molecule has 0 aliphatic carbocycles. The first-order chi connectivity index (χ1) is 14.1. The van der Waals surface area contributed by atoms with Crippen molar-refractivity contribution in [2.75, 3.05) is 18.0 Å². The Balaban J connectivity index is 1.46. The Labute approximate surface area is 169 Å². The molecule has 1 aliphatic rings. The number of amides is 2. The fourth-order valence-electron chi connectivity index (χ4n) is 3.69. The minimum absolute atomic E-state index is 0.0651. The van der Waals surface area contributed by atoms with Crippen LogP contribution in [0, 0.1) is 12.8 Å². The van der Waals surface area contributed by atoms with Gasteiger partial charge < -0.3 is 18.6 Å². The maximum atomic E-state index is 13.4. The lowest BCUT2D eigenvalue weighted by Crippen LogP contribution is -2.44. The highest BCUT2D eigenvalue weighted by Gasteiger charge is 2.32. The van der Waals surface area contributed by atoms with E-state index in [4.69, 9.17) is 8.83 Å². The minimum Gasteiger partial charge on any atom is -0.467 e. The Hall–Kier alpha value is -3.28. The molecule has 2 amide bonds. The summed E-state index contributed by atoms with van der Waals surface area (Å²) in [6.07, 6.45) is 4.38. The van der Waals surface area contributed by atoms with Gasteiger partial charge in [-0.2, -0.15) is 0 Å². The summed E-state index contributed by atoms with van der Waals surface area (Å²) in [6.45, 7) is 3.49.